The number of rotatable bonds is 5. The first kappa shape index (κ1) is 21.8. The summed E-state index contributed by atoms with van der Waals surface area (Å²) in [6.45, 7) is -0.289. The zero-order valence-electron chi connectivity index (χ0n) is 17.2. The summed E-state index contributed by atoms with van der Waals surface area (Å²) >= 11 is 1.55. The Morgan fingerprint density at radius 3 is 2.59 bits per heavy atom. The minimum atomic E-state index is -0.879. The van der Waals surface area contributed by atoms with Gasteiger partial charge in [-0.1, -0.05) is 24.3 Å². The monoisotopic (exact) mass is 454 g/mol. The van der Waals surface area contributed by atoms with E-state index < -0.39 is 17.5 Å². The maximum absolute atomic E-state index is 13.9. The number of para-hydroxylation sites is 1. The number of carbonyl (C=O) groups excluding carboxylic acids is 2. The molecule has 4 rings (SSSR count). The molecule has 1 heterocycles. The molecule has 0 saturated heterocycles. The van der Waals surface area contributed by atoms with Crippen LogP contribution >= 0.6 is 11.8 Å². The first-order valence-corrected chi connectivity index (χ1v) is 10.8. The number of hydrogen-bond donors (Lipinski definition) is 1. The van der Waals surface area contributed by atoms with Crippen LogP contribution in [0.5, 0.6) is 5.75 Å². The average molecular weight is 454 g/mol. The van der Waals surface area contributed by atoms with Crippen molar-refractivity contribution in [3.05, 3.63) is 83.9 Å². The van der Waals surface area contributed by atoms with Crippen LogP contribution in [0.3, 0.4) is 0 Å². The summed E-state index contributed by atoms with van der Waals surface area (Å²) in [6.07, 6.45) is 0.184. The summed E-state index contributed by atoms with van der Waals surface area (Å²) in [4.78, 5) is 28.1. The number of benzene rings is 3. The molecule has 8 heteroatoms. The van der Waals surface area contributed by atoms with Crippen LogP contribution < -0.4 is 15.0 Å². The van der Waals surface area contributed by atoms with E-state index >= 15 is 0 Å². The Labute approximate surface area is 188 Å². The summed E-state index contributed by atoms with van der Waals surface area (Å²) in [5.74, 6) is -1.69. The second kappa shape index (κ2) is 9.40. The van der Waals surface area contributed by atoms with Crippen molar-refractivity contribution < 1.29 is 23.1 Å². The Bertz CT molecular complexity index is 1150. The highest BCUT2D eigenvalue weighted by atomic mass is 32.2. The number of nitrogens with zero attached hydrogens (tertiary/aromatic N) is 1. The molecule has 2 amide bonds. The van der Waals surface area contributed by atoms with Crippen LogP contribution in [0.4, 0.5) is 20.2 Å². The standard InChI is InChI=1S/C24H20F2N2O3S/c1-31-17-9-6-15(7-10-17)22-13-24(30)28(20-4-2-3-5-21(20)32-22)14-23(29)27-19-11-8-16(25)12-18(19)26/h2-12,22H,13-14H2,1H3,(H,27,29). The van der Waals surface area contributed by atoms with Gasteiger partial charge in [0.2, 0.25) is 11.8 Å². The molecule has 3 aromatic carbocycles. The lowest BCUT2D eigenvalue weighted by Crippen LogP contribution is -2.38. The number of fused-ring (bicyclic) bond motifs is 1. The van der Waals surface area contributed by atoms with Gasteiger partial charge in [0.1, 0.15) is 23.9 Å². The Kier molecular flexibility index (Phi) is 6.41. The number of methoxy groups -OCH3 is 1. The van der Waals surface area contributed by atoms with E-state index in [-0.39, 0.29) is 29.8 Å². The third kappa shape index (κ3) is 4.75. The van der Waals surface area contributed by atoms with Gasteiger partial charge in [0.25, 0.3) is 0 Å². The average Bonchev–Trinajstić information content (AvgIpc) is 2.92. The molecule has 0 radical (unpaired) electrons. The number of nitrogens with one attached hydrogen (secondary N) is 1. The molecule has 1 unspecified atom stereocenters. The van der Waals surface area contributed by atoms with Gasteiger partial charge in [-0.05, 0) is 42.0 Å². The molecule has 1 N–H and O–H groups in total. The minimum Gasteiger partial charge on any atom is -0.497 e. The highest BCUT2D eigenvalue weighted by molar-refractivity contribution is 7.99. The number of ether oxygens (including phenoxy) is 1. The van der Waals surface area contributed by atoms with Crippen molar-refractivity contribution in [1.29, 1.82) is 0 Å². The maximum Gasteiger partial charge on any atom is 0.244 e. The van der Waals surface area contributed by atoms with Crippen molar-refractivity contribution >= 4 is 35.0 Å². The van der Waals surface area contributed by atoms with E-state index in [4.69, 9.17) is 4.74 Å². The van der Waals surface area contributed by atoms with Crippen LogP contribution in [0.1, 0.15) is 17.2 Å². The Morgan fingerprint density at radius 1 is 1.12 bits per heavy atom. The molecule has 1 aliphatic rings. The molecule has 164 valence electrons. The largest absolute Gasteiger partial charge is 0.497 e. The summed E-state index contributed by atoms with van der Waals surface area (Å²) in [5.41, 5.74) is 1.45. The lowest BCUT2D eigenvalue weighted by molar-refractivity contribution is -0.121. The number of halogens is 2. The first-order valence-electron chi connectivity index (χ1n) is 9.89. The van der Waals surface area contributed by atoms with Crippen LogP contribution in [0.25, 0.3) is 0 Å². The van der Waals surface area contributed by atoms with Crippen molar-refractivity contribution in [3.63, 3.8) is 0 Å². The number of carbonyl (C=O) groups is 2. The van der Waals surface area contributed by atoms with Crippen LogP contribution in [0.15, 0.2) is 71.6 Å². The Hall–Kier alpha value is -3.39. The fourth-order valence-corrected chi connectivity index (χ4v) is 4.76. The van der Waals surface area contributed by atoms with E-state index in [2.05, 4.69) is 5.32 Å². The highest BCUT2D eigenvalue weighted by Gasteiger charge is 2.30. The van der Waals surface area contributed by atoms with Crippen molar-refractivity contribution in [2.24, 2.45) is 0 Å². The second-order valence-corrected chi connectivity index (χ2v) is 8.45. The normalized spacial score (nSPS) is 15.7. The minimum absolute atomic E-state index is 0.141. The van der Waals surface area contributed by atoms with Gasteiger partial charge in [-0.15, -0.1) is 11.8 Å². The maximum atomic E-state index is 13.9. The van der Waals surface area contributed by atoms with Crippen molar-refractivity contribution in [2.75, 3.05) is 23.9 Å². The third-order valence-corrected chi connectivity index (χ3v) is 6.40. The SMILES string of the molecule is COc1ccc(C2CC(=O)N(CC(=O)Nc3ccc(F)cc3F)c3ccccc3S2)cc1. The van der Waals surface area contributed by atoms with E-state index in [1.165, 1.54) is 4.90 Å². The predicted molar refractivity (Wildman–Crippen MR) is 120 cm³/mol. The van der Waals surface area contributed by atoms with Gasteiger partial charge in [0.15, 0.2) is 0 Å². The number of thioether (sulfide) groups is 1. The molecule has 3 aromatic rings. The van der Waals surface area contributed by atoms with E-state index in [0.717, 1.165) is 28.3 Å². The van der Waals surface area contributed by atoms with E-state index in [1.54, 1.807) is 31.0 Å². The van der Waals surface area contributed by atoms with E-state index in [1.807, 2.05) is 36.4 Å². The number of hydrogen-bond acceptors (Lipinski definition) is 4. The van der Waals surface area contributed by atoms with Gasteiger partial charge in [-0.3, -0.25) is 9.59 Å². The Morgan fingerprint density at radius 2 is 1.88 bits per heavy atom. The van der Waals surface area contributed by atoms with Crippen LogP contribution in [0, 0.1) is 11.6 Å². The highest BCUT2D eigenvalue weighted by Crippen LogP contribution is 2.45. The molecular weight excluding hydrogens is 434 g/mol. The molecule has 1 aliphatic heterocycles. The van der Waals surface area contributed by atoms with Crippen molar-refractivity contribution in [1.82, 2.24) is 0 Å². The van der Waals surface area contributed by atoms with Crippen molar-refractivity contribution in [3.8, 4) is 5.75 Å². The fraction of sp³-hybridized carbons (Fsp3) is 0.167. The van der Waals surface area contributed by atoms with Crippen LogP contribution in [-0.4, -0.2) is 25.5 Å². The molecule has 32 heavy (non-hydrogen) atoms. The first-order chi connectivity index (χ1) is 15.4. The zero-order valence-corrected chi connectivity index (χ0v) is 18.0. The summed E-state index contributed by atoms with van der Waals surface area (Å²) in [6, 6.07) is 17.8. The summed E-state index contributed by atoms with van der Waals surface area (Å²) in [5, 5.41) is 2.28. The molecule has 0 saturated carbocycles. The fourth-order valence-electron chi connectivity index (χ4n) is 3.48. The van der Waals surface area contributed by atoms with Crippen LogP contribution in [-0.2, 0) is 9.59 Å². The number of anilines is 2. The Balaban J connectivity index is 1.57. The van der Waals surface area contributed by atoms with Gasteiger partial charge in [0.05, 0.1) is 18.5 Å². The second-order valence-electron chi connectivity index (χ2n) is 7.20. The molecule has 0 aromatic heterocycles. The molecular formula is C24H20F2N2O3S. The van der Waals surface area contributed by atoms with E-state index in [0.29, 0.717) is 11.8 Å². The third-order valence-electron chi connectivity index (χ3n) is 5.08. The molecule has 1 atom stereocenters. The van der Waals surface area contributed by atoms with Gasteiger partial charge >= 0.3 is 0 Å². The molecule has 0 aliphatic carbocycles. The lowest BCUT2D eigenvalue weighted by Gasteiger charge is -2.22. The summed E-state index contributed by atoms with van der Waals surface area (Å²) < 4.78 is 32.2. The lowest BCUT2D eigenvalue weighted by atomic mass is 10.1. The molecule has 0 bridgehead atoms. The zero-order chi connectivity index (χ0) is 22.7. The number of amides is 2. The molecule has 5 nitrogen and oxygen atoms in total. The van der Waals surface area contributed by atoms with Crippen LogP contribution in [0.2, 0.25) is 0 Å². The molecule has 0 spiro atoms. The van der Waals surface area contributed by atoms with Gasteiger partial charge in [-0.25, -0.2) is 8.78 Å². The smallest absolute Gasteiger partial charge is 0.244 e. The van der Waals surface area contributed by atoms with Gasteiger partial charge in [0, 0.05) is 22.6 Å². The topological polar surface area (TPSA) is 58.6 Å². The van der Waals surface area contributed by atoms with Crippen molar-refractivity contribution in [2.45, 2.75) is 16.6 Å². The molecule has 0 fully saturated rings. The van der Waals surface area contributed by atoms with Gasteiger partial charge < -0.3 is 15.0 Å². The van der Waals surface area contributed by atoms with E-state index in [9.17, 15) is 18.4 Å². The van der Waals surface area contributed by atoms with Gasteiger partial charge in [-0.2, -0.15) is 0 Å². The summed E-state index contributed by atoms with van der Waals surface area (Å²) in [7, 11) is 1.59. The predicted octanol–water partition coefficient (Wildman–Crippen LogP) is 5.18. The quantitative estimate of drug-likeness (QED) is 0.577.